The van der Waals surface area contributed by atoms with Crippen LogP contribution in [-0.4, -0.2) is 61.0 Å². The van der Waals surface area contributed by atoms with Crippen LogP contribution < -0.4 is 4.74 Å². The van der Waals surface area contributed by atoms with E-state index in [1.807, 2.05) is 13.8 Å². The number of carbonyl (C=O) groups excluding carboxylic acids is 3. The van der Waals surface area contributed by atoms with Gasteiger partial charge in [-0.2, -0.15) is 4.31 Å². The van der Waals surface area contributed by atoms with Crippen LogP contribution in [0, 0.1) is 5.92 Å². The predicted octanol–water partition coefficient (Wildman–Crippen LogP) is 3.13. The Labute approximate surface area is 199 Å². The third kappa shape index (κ3) is 4.63. The monoisotopic (exact) mass is 484 g/mol. The number of fused-ring (bicyclic) bond motifs is 1. The number of ketones is 1. The number of imide groups is 1. The Balaban J connectivity index is 1.56. The van der Waals surface area contributed by atoms with Gasteiger partial charge in [0.05, 0.1) is 17.0 Å². The Morgan fingerprint density at radius 1 is 1.00 bits per heavy atom. The number of hydrogen-bond acceptors (Lipinski definition) is 6. The fraction of sp³-hybridized carbons (Fsp3) is 0.400. The number of ether oxygens (including phenoxy) is 1. The fourth-order valence-electron chi connectivity index (χ4n) is 4.21. The highest BCUT2D eigenvalue weighted by Crippen LogP contribution is 2.28. The number of piperidine rings is 1. The van der Waals surface area contributed by atoms with E-state index in [1.165, 1.54) is 28.6 Å². The minimum absolute atomic E-state index is 0.120. The summed E-state index contributed by atoms with van der Waals surface area (Å²) in [7, 11) is -3.62. The molecule has 0 aromatic heterocycles. The Kier molecular flexibility index (Phi) is 6.86. The first kappa shape index (κ1) is 24.1. The lowest BCUT2D eigenvalue weighted by molar-refractivity contribution is -0.136. The van der Waals surface area contributed by atoms with Gasteiger partial charge in [0.1, 0.15) is 5.75 Å². The van der Waals surface area contributed by atoms with Crippen LogP contribution in [0.4, 0.5) is 0 Å². The van der Waals surface area contributed by atoms with Crippen molar-refractivity contribution in [3.05, 3.63) is 59.7 Å². The van der Waals surface area contributed by atoms with Gasteiger partial charge in [-0.05, 0) is 55.2 Å². The van der Waals surface area contributed by atoms with Gasteiger partial charge in [0, 0.05) is 18.7 Å². The fourth-order valence-corrected chi connectivity index (χ4v) is 5.72. The summed E-state index contributed by atoms with van der Waals surface area (Å²) in [6, 6.07) is 12.2. The molecule has 8 nitrogen and oxygen atoms in total. The van der Waals surface area contributed by atoms with Gasteiger partial charge >= 0.3 is 0 Å². The summed E-state index contributed by atoms with van der Waals surface area (Å²) < 4.78 is 33.0. The van der Waals surface area contributed by atoms with Gasteiger partial charge in [-0.3, -0.25) is 19.3 Å². The summed E-state index contributed by atoms with van der Waals surface area (Å²) in [6.07, 6.45) is 1.77. The van der Waals surface area contributed by atoms with Gasteiger partial charge in [-0.25, -0.2) is 8.42 Å². The lowest BCUT2D eigenvalue weighted by Crippen LogP contribution is -2.47. The van der Waals surface area contributed by atoms with Crippen LogP contribution in [0.3, 0.4) is 0 Å². The first-order valence-corrected chi connectivity index (χ1v) is 12.9. The molecule has 1 saturated heterocycles. The van der Waals surface area contributed by atoms with Crippen LogP contribution in [0.1, 0.15) is 53.8 Å². The third-order valence-electron chi connectivity index (χ3n) is 6.16. The zero-order valence-electron chi connectivity index (χ0n) is 19.3. The zero-order valence-corrected chi connectivity index (χ0v) is 20.1. The molecule has 0 bridgehead atoms. The number of Topliss-reactive ketones (excluding diaryl/α,β-unsaturated/α-hetero) is 1. The third-order valence-corrected chi connectivity index (χ3v) is 8.08. The van der Waals surface area contributed by atoms with Crippen molar-refractivity contribution >= 4 is 27.6 Å². The molecular formula is C25H28N2O6S. The van der Waals surface area contributed by atoms with Crippen molar-refractivity contribution in [3.8, 4) is 5.75 Å². The first-order valence-electron chi connectivity index (χ1n) is 11.4. The summed E-state index contributed by atoms with van der Waals surface area (Å²) in [5.74, 6) is -1.55. The lowest BCUT2D eigenvalue weighted by atomic mass is 10.1. The largest absolute Gasteiger partial charge is 0.479 e. The van der Waals surface area contributed by atoms with Crippen molar-refractivity contribution in [1.82, 2.24) is 9.21 Å². The number of carbonyl (C=O) groups is 3. The molecule has 0 N–H and O–H groups in total. The number of rotatable bonds is 6. The quantitative estimate of drug-likeness (QED) is 0.461. The van der Waals surface area contributed by atoms with Gasteiger partial charge in [0.2, 0.25) is 10.0 Å². The van der Waals surface area contributed by atoms with E-state index in [-0.39, 0.29) is 21.9 Å². The van der Waals surface area contributed by atoms with E-state index in [2.05, 4.69) is 0 Å². The molecule has 2 heterocycles. The van der Waals surface area contributed by atoms with Crippen LogP contribution >= 0.6 is 0 Å². The molecule has 2 aromatic rings. The average molecular weight is 485 g/mol. The number of para-hydroxylation sites is 1. The summed E-state index contributed by atoms with van der Waals surface area (Å²) in [4.78, 5) is 40.3. The molecule has 2 aliphatic rings. The molecule has 2 aromatic carbocycles. The van der Waals surface area contributed by atoms with Crippen LogP contribution in [-0.2, 0) is 14.8 Å². The zero-order chi connectivity index (χ0) is 24.5. The molecule has 0 saturated carbocycles. The van der Waals surface area contributed by atoms with E-state index in [0.29, 0.717) is 18.8 Å². The maximum absolute atomic E-state index is 13.1. The van der Waals surface area contributed by atoms with Crippen molar-refractivity contribution in [1.29, 1.82) is 0 Å². The summed E-state index contributed by atoms with van der Waals surface area (Å²) in [5, 5.41) is 0. The van der Waals surface area contributed by atoms with Crippen molar-refractivity contribution in [2.45, 2.75) is 44.1 Å². The molecule has 34 heavy (non-hydrogen) atoms. The second kappa shape index (κ2) is 9.68. The van der Waals surface area contributed by atoms with Gasteiger partial charge in [-0.1, -0.05) is 32.4 Å². The minimum atomic E-state index is -3.62. The van der Waals surface area contributed by atoms with Gasteiger partial charge < -0.3 is 4.74 Å². The number of benzene rings is 2. The average Bonchev–Trinajstić information content (AvgIpc) is 2.95. The standard InChI is InChI=1S/C25H28N2O6S/c1-17(2)23-25(30)27(24(29)20-8-4-5-9-22(20)33-23)16-21(28)18-10-12-19(13-11-18)34(31,32)26-14-6-3-7-15-26/h4-5,8-13,17,23H,3,6-7,14-16H2,1-2H3/t23-/m0/s1. The van der Waals surface area contributed by atoms with E-state index < -0.39 is 40.3 Å². The molecule has 1 atom stereocenters. The van der Waals surface area contributed by atoms with Crippen LogP contribution in [0.15, 0.2) is 53.4 Å². The molecule has 2 amide bonds. The predicted molar refractivity (Wildman–Crippen MR) is 125 cm³/mol. The number of sulfonamides is 1. The van der Waals surface area contributed by atoms with E-state index in [1.54, 1.807) is 24.3 Å². The normalized spacial score (nSPS) is 19.5. The van der Waals surface area contributed by atoms with E-state index in [0.717, 1.165) is 24.2 Å². The number of hydrogen-bond donors (Lipinski definition) is 0. The van der Waals surface area contributed by atoms with Gasteiger partial charge in [0.25, 0.3) is 11.8 Å². The summed E-state index contributed by atoms with van der Waals surface area (Å²) in [6.45, 7) is 4.13. The maximum atomic E-state index is 13.1. The molecule has 4 rings (SSSR count). The van der Waals surface area contributed by atoms with Crippen LogP contribution in [0.2, 0.25) is 0 Å². The topological polar surface area (TPSA) is 101 Å². The number of nitrogens with zero attached hydrogens (tertiary/aromatic N) is 2. The highest BCUT2D eigenvalue weighted by molar-refractivity contribution is 7.89. The Bertz CT molecular complexity index is 1200. The molecule has 0 spiro atoms. The molecule has 9 heteroatoms. The smallest absolute Gasteiger partial charge is 0.271 e. The molecule has 0 unspecified atom stereocenters. The summed E-state index contributed by atoms with van der Waals surface area (Å²) >= 11 is 0. The van der Waals surface area contributed by atoms with Crippen molar-refractivity contribution < 1.29 is 27.5 Å². The molecule has 2 aliphatic heterocycles. The minimum Gasteiger partial charge on any atom is -0.479 e. The second-order valence-electron chi connectivity index (χ2n) is 8.92. The highest BCUT2D eigenvalue weighted by atomic mass is 32.2. The van der Waals surface area contributed by atoms with Crippen molar-refractivity contribution in [3.63, 3.8) is 0 Å². The van der Waals surface area contributed by atoms with Crippen LogP contribution in [0.5, 0.6) is 5.75 Å². The SMILES string of the molecule is CC(C)[C@@H]1Oc2ccccc2C(=O)N(CC(=O)c2ccc(S(=O)(=O)N3CCCCC3)cc2)C1=O. The maximum Gasteiger partial charge on any atom is 0.271 e. The summed E-state index contributed by atoms with van der Waals surface area (Å²) in [5.41, 5.74) is 0.438. The van der Waals surface area contributed by atoms with E-state index >= 15 is 0 Å². The molecule has 0 aliphatic carbocycles. The van der Waals surface area contributed by atoms with Crippen LogP contribution in [0.25, 0.3) is 0 Å². The number of amides is 2. The van der Waals surface area contributed by atoms with Gasteiger partial charge in [0.15, 0.2) is 11.9 Å². The first-order chi connectivity index (χ1) is 16.2. The lowest BCUT2D eigenvalue weighted by Gasteiger charge is -2.26. The molecule has 1 fully saturated rings. The Morgan fingerprint density at radius 2 is 1.65 bits per heavy atom. The van der Waals surface area contributed by atoms with E-state index in [4.69, 9.17) is 4.74 Å². The van der Waals surface area contributed by atoms with Gasteiger partial charge in [-0.15, -0.1) is 0 Å². The molecule has 180 valence electrons. The van der Waals surface area contributed by atoms with Crippen molar-refractivity contribution in [2.75, 3.05) is 19.6 Å². The molecule has 0 radical (unpaired) electrons. The highest BCUT2D eigenvalue weighted by Gasteiger charge is 2.39. The Morgan fingerprint density at radius 3 is 2.29 bits per heavy atom. The van der Waals surface area contributed by atoms with Crippen molar-refractivity contribution in [2.24, 2.45) is 5.92 Å². The Hall–Kier alpha value is -3.04. The second-order valence-corrected chi connectivity index (χ2v) is 10.9. The van der Waals surface area contributed by atoms with E-state index in [9.17, 15) is 22.8 Å². The molecular weight excluding hydrogens is 456 g/mol.